The van der Waals surface area contributed by atoms with Crippen LogP contribution in [-0.4, -0.2) is 19.8 Å². The predicted octanol–water partition coefficient (Wildman–Crippen LogP) is 2.75. The fraction of sp³-hybridized carbons (Fsp3) is 0.636. The van der Waals surface area contributed by atoms with Gasteiger partial charge in [0.2, 0.25) is 0 Å². The van der Waals surface area contributed by atoms with Gasteiger partial charge in [0.25, 0.3) is 10.0 Å². The molecular weight excluding hydrogens is 278 g/mol. The van der Waals surface area contributed by atoms with Gasteiger partial charge in [0.1, 0.15) is 4.21 Å². The number of nitrogens with one attached hydrogen (secondary N) is 1. The van der Waals surface area contributed by atoms with Crippen LogP contribution in [0.25, 0.3) is 0 Å². The summed E-state index contributed by atoms with van der Waals surface area (Å²) >= 11 is 7.19. The number of rotatable bonds is 5. The number of thiophene rings is 1. The monoisotopic (exact) mass is 293 g/mol. The first kappa shape index (κ1) is 13.3. The standard InChI is InChI=1S/C11H16ClNO2S2/c1-2-9-4-5-10(16-9)17(14,15)13-11(8-12)6-3-7-11/h4-5,13H,2-3,6-8H2,1H3. The summed E-state index contributed by atoms with van der Waals surface area (Å²) in [6.45, 7) is 2.02. The summed E-state index contributed by atoms with van der Waals surface area (Å²) in [4.78, 5) is 1.08. The highest BCUT2D eigenvalue weighted by molar-refractivity contribution is 7.91. The molecule has 1 aromatic rings. The Hall–Kier alpha value is -0.100. The Morgan fingerprint density at radius 3 is 2.59 bits per heavy atom. The molecule has 0 atom stereocenters. The van der Waals surface area contributed by atoms with Crippen molar-refractivity contribution in [3.63, 3.8) is 0 Å². The molecule has 1 saturated carbocycles. The largest absolute Gasteiger partial charge is 0.250 e. The molecule has 0 saturated heterocycles. The SMILES string of the molecule is CCc1ccc(S(=O)(=O)NC2(CCl)CCC2)s1. The van der Waals surface area contributed by atoms with Gasteiger partial charge < -0.3 is 0 Å². The normalized spacial score (nSPS) is 18.9. The molecule has 3 nitrogen and oxygen atoms in total. The van der Waals surface area contributed by atoms with E-state index >= 15 is 0 Å². The molecule has 0 radical (unpaired) electrons. The smallest absolute Gasteiger partial charge is 0.206 e. The van der Waals surface area contributed by atoms with E-state index in [1.54, 1.807) is 6.07 Å². The van der Waals surface area contributed by atoms with Crippen molar-refractivity contribution in [3.8, 4) is 0 Å². The maximum absolute atomic E-state index is 12.2. The van der Waals surface area contributed by atoms with Crippen LogP contribution >= 0.6 is 22.9 Å². The molecule has 0 amide bonds. The molecule has 1 aromatic heterocycles. The topological polar surface area (TPSA) is 46.2 Å². The molecule has 2 rings (SSSR count). The zero-order valence-electron chi connectivity index (χ0n) is 9.70. The lowest BCUT2D eigenvalue weighted by molar-refractivity contribution is 0.252. The van der Waals surface area contributed by atoms with Gasteiger partial charge in [0.05, 0.1) is 0 Å². The molecule has 0 spiro atoms. The van der Waals surface area contributed by atoms with Gasteiger partial charge in [-0.25, -0.2) is 13.1 Å². The molecule has 1 fully saturated rings. The Bertz CT molecular complexity index is 486. The highest BCUT2D eigenvalue weighted by Crippen LogP contribution is 2.35. The van der Waals surface area contributed by atoms with Gasteiger partial charge in [-0.1, -0.05) is 6.92 Å². The Balaban J connectivity index is 2.18. The van der Waals surface area contributed by atoms with Gasteiger partial charge in [-0.15, -0.1) is 22.9 Å². The lowest BCUT2D eigenvalue weighted by atomic mass is 9.79. The number of hydrogen-bond donors (Lipinski definition) is 1. The molecule has 0 unspecified atom stereocenters. The van der Waals surface area contributed by atoms with Crippen molar-refractivity contribution in [1.82, 2.24) is 4.72 Å². The van der Waals surface area contributed by atoms with E-state index in [4.69, 9.17) is 11.6 Å². The number of hydrogen-bond acceptors (Lipinski definition) is 3. The number of aryl methyl sites for hydroxylation is 1. The van der Waals surface area contributed by atoms with E-state index in [1.165, 1.54) is 11.3 Å². The molecule has 1 heterocycles. The van der Waals surface area contributed by atoms with Crippen molar-refractivity contribution in [3.05, 3.63) is 17.0 Å². The van der Waals surface area contributed by atoms with Crippen LogP contribution in [0, 0.1) is 0 Å². The van der Waals surface area contributed by atoms with E-state index in [0.29, 0.717) is 10.1 Å². The highest BCUT2D eigenvalue weighted by atomic mass is 35.5. The Morgan fingerprint density at radius 2 is 2.18 bits per heavy atom. The zero-order chi connectivity index (χ0) is 12.5. The summed E-state index contributed by atoms with van der Waals surface area (Å²) in [6.07, 6.45) is 3.57. The zero-order valence-corrected chi connectivity index (χ0v) is 12.1. The van der Waals surface area contributed by atoms with Gasteiger partial charge >= 0.3 is 0 Å². The maximum atomic E-state index is 12.2. The van der Waals surface area contributed by atoms with E-state index in [9.17, 15) is 8.42 Å². The second-order valence-electron chi connectivity index (χ2n) is 4.45. The van der Waals surface area contributed by atoms with E-state index in [-0.39, 0.29) is 0 Å². The average Bonchev–Trinajstić information content (AvgIpc) is 2.72. The van der Waals surface area contributed by atoms with Crippen molar-refractivity contribution < 1.29 is 8.42 Å². The fourth-order valence-corrected chi connectivity index (χ4v) is 5.06. The van der Waals surface area contributed by atoms with E-state index in [1.807, 2.05) is 13.0 Å². The summed E-state index contributed by atoms with van der Waals surface area (Å²) in [5.41, 5.74) is -0.406. The molecular formula is C11H16ClNO2S2. The highest BCUT2D eigenvalue weighted by Gasteiger charge is 2.40. The minimum Gasteiger partial charge on any atom is -0.206 e. The summed E-state index contributed by atoms with van der Waals surface area (Å²) < 4.78 is 27.5. The minimum absolute atomic E-state index is 0.345. The lowest BCUT2D eigenvalue weighted by Crippen LogP contribution is -2.54. The Morgan fingerprint density at radius 1 is 1.47 bits per heavy atom. The molecule has 0 aromatic carbocycles. The van der Waals surface area contributed by atoms with Crippen molar-refractivity contribution in [2.75, 3.05) is 5.88 Å². The third-order valence-corrected chi connectivity index (χ3v) is 6.98. The Labute approximate surface area is 111 Å². The quantitative estimate of drug-likeness (QED) is 0.849. The van der Waals surface area contributed by atoms with Gasteiger partial charge in [-0.2, -0.15) is 0 Å². The molecule has 6 heteroatoms. The van der Waals surface area contributed by atoms with E-state index in [2.05, 4.69) is 4.72 Å². The predicted molar refractivity (Wildman–Crippen MR) is 71.3 cm³/mol. The first-order valence-electron chi connectivity index (χ1n) is 5.70. The first-order valence-corrected chi connectivity index (χ1v) is 8.53. The summed E-state index contributed by atoms with van der Waals surface area (Å²) in [5.74, 6) is 0.345. The van der Waals surface area contributed by atoms with Crippen LogP contribution in [0.2, 0.25) is 0 Å². The van der Waals surface area contributed by atoms with Crippen LogP contribution in [0.15, 0.2) is 16.3 Å². The third kappa shape index (κ3) is 2.67. The fourth-order valence-electron chi connectivity index (χ4n) is 1.89. The Kier molecular flexibility index (Phi) is 3.83. The van der Waals surface area contributed by atoms with E-state index < -0.39 is 15.6 Å². The first-order chi connectivity index (χ1) is 8.01. The van der Waals surface area contributed by atoms with Crippen LogP contribution in [0.3, 0.4) is 0 Å². The maximum Gasteiger partial charge on any atom is 0.250 e. The van der Waals surface area contributed by atoms with Gasteiger partial charge in [0, 0.05) is 16.3 Å². The van der Waals surface area contributed by atoms with Crippen molar-refractivity contribution in [2.45, 2.75) is 42.4 Å². The van der Waals surface area contributed by atoms with Crippen LogP contribution in [-0.2, 0) is 16.4 Å². The second kappa shape index (κ2) is 4.88. The molecule has 1 aliphatic carbocycles. The van der Waals surface area contributed by atoms with Crippen LogP contribution in [0.5, 0.6) is 0 Å². The summed E-state index contributed by atoms with van der Waals surface area (Å²) in [7, 11) is -3.40. The number of alkyl halides is 1. The van der Waals surface area contributed by atoms with Crippen LogP contribution < -0.4 is 4.72 Å². The van der Waals surface area contributed by atoms with Crippen molar-refractivity contribution >= 4 is 33.0 Å². The lowest BCUT2D eigenvalue weighted by Gasteiger charge is -2.40. The van der Waals surface area contributed by atoms with Gasteiger partial charge in [-0.3, -0.25) is 0 Å². The van der Waals surface area contributed by atoms with Gasteiger partial charge in [-0.05, 0) is 37.8 Å². The average molecular weight is 294 g/mol. The summed E-state index contributed by atoms with van der Waals surface area (Å²) in [6, 6.07) is 3.54. The molecule has 0 aliphatic heterocycles. The van der Waals surface area contributed by atoms with E-state index in [0.717, 1.165) is 30.6 Å². The number of sulfonamides is 1. The number of halogens is 1. The molecule has 96 valence electrons. The molecule has 0 bridgehead atoms. The van der Waals surface area contributed by atoms with Crippen LogP contribution in [0.1, 0.15) is 31.1 Å². The van der Waals surface area contributed by atoms with Gasteiger partial charge in [0.15, 0.2) is 0 Å². The third-order valence-electron chi connectivity index (χ3n) is 3.17. The second-order valence-corrected chi connectivity index (χ2v) is 7.79. The molecule has 17 heavy (non-hydrogen) atoms. The van der Waals surface area contributed by atoms with Crippen LogP contribution in [0.4, 0.5) is 0 Å². The molecule has 1 aliphatic rings. The summed E-state index contributed by atoms with van der Waals surface area (Å²) in [5, 5.41) is 0. The minimum atomic E-state index is -3.40. The molecule has 1 N–H and O–H groups in total. The van der Waals surface area contributed by atoms with Crippen molar-refractivity contribution in [1.29, 1.82) is 0 Å². The van der Waals surface area contributed by atoms with Crippen molar-refractivity contribution in [2.24, 2.45) is 0 Å².